The Hall–Kier alpha value is -1.42. The minimum atomic E-state index is 0.870. The van der Waals surface area contributed by atoms with Crippen molar-refractivity contribution in [2.75, 3.05) is 31.6 Å². The third kappa shape index (κ3) is 3.53. The average Bonchev–Trinajstić information content (AvgIpc) is 2.89. The van der Waals surface area contributed by atoms with E-state index in [-0.39, 0.29) is 0 Å². The van der Waals surface area contributed by atoms with Gasteiger partial charge in [-0.15, -0.1) is 0 Å². The van der Waals surface area contributed by atoms with Crippen molar-refractivity contribution >= 4 is 12.0 Å². The van der Waals surface area contributed by atoms with Crippen LogP contribution in [-0.2, 0) is 0 Å². The van der Waals surface area contributed by atoms with Gasteiger partial charge < -0.3 is 10.2 Å². The molecule has 0 spiro atoms. The first-order valence-electron chi connectivity index (χ1n) is 6.28. The van der Waals surface area contributed by atoms with Crippen molar-refractivity contribution in [3.8, 4) is 0 Å². The molecule has 1 aromatic rings. The van der Waals surface area contributed by atoms with Gasteiger partial charge in [-0.3, -0.25) is 0 Å². The molecule has 0 aromatic carbocycles. The SMILES string of the molecule is CNCCC=Cc1cnc(N2CCCC2)nc1. The van der Waals surface area contributed by atoms with Gasteiger partial charge in [0.05, 0.1) is 0 Å². The van der Waals surface area contributed by atoms with E-state index in [0.29, 0.717) is 0 Å². The van der Waals surface area contributed by atoms with Crippen LogP contribution < -0.4 is 10.2 Å². The third-order valence-corrected chi connectivity index (χ3v) is 2.92. The van der Waals surface area contributed by atoms with E-state index in [1.165, 1.54) is 12.8 Å². The fourth-order valence-corrected chi connectivity index (χ4v) is 1.94. The second-order valence-electron chi connectivity index (χ2n) is 4.31. The normalized spacial score (nSPS) is 15.9. The van der Waals surface area contributed by atoms with Crippen LogP contribution in [0.1, 0.15) is 24.8 Å². The number of aromatic nitrogens is 2. The topological polar surface area (TPSA) is 41.1 Å². The van der Waals surface area contributed by atoms with Gasteiger partial charge in [0.25, 0.3) is 0 Å². The first-order valence-corrected chi connectivity index (χ1v) is 6.28. The zero-order chi connectivity index (χ0) is 11.9. The molecule has 0 bridgehead atoms. The second-order valence-corrected chi connectivity index (χ2v) is 4.31. The van der Waals surface area contributed by atoms with E-state index >= 15 is 0 Å². The molecule has 0 amide bonds. The predicted octanol–water partition coefficient (Wildman–Crippen LogP) is 1.70. The van der Waals surface area contributed by atoms with Crippen LogP contribution in [0.2, 0.25) is 0 Å². The summed E-state index contributed by atoms with van der Waals surface area (Å²) < 4.78 is 0. The molecule has 1 saturated heterocycles. The highest BCUT2D eigenvalue weighted by atomic mass is 15.3. The van der Waals surface area contributed by atoms with E-state index in [1.807, 2.05) is 19.4 Å². The summed E-state index contributed by atoms with van der Waals surface area (Å²) in [4.78, 5) is 11.1. The van der Waals surface area contributed by atoms with E-state index in [2.05, 4.69) is 32.3 Å². The molecule has 2 rings (SSSR count). The van der Waals surface area contributed by atoms with E-state index in [4.69, 9.17) is 0 Å². The Labute approximate surface area is 103 Å². The number of nitrogens with zero attached hydrogens (tertiary/aromatic N) is 3. The fourth-order valence-electron chi connectivity index (χ4n) is 1.94. The second kappa shape index (κ2) is 6.35. The summed E-state index contributed by atoms with van der Waals surface area (Å²) in [6.07, 6.45) is 11.6. The quantitative estimate of drug-likeness (QED) is 0.785. The first-order chi connectivity index (χ1) is 8.40. The molecule has 17 heavy (non-hydrogen) atoms. The Bertz CT molecular complexity index is 352. The number of hydrogen-bond donors (Lipinski definition) is 1. The Morgan fingerprint density at radius 1 is 1.29 bits per heavy atom. The van der Waals surface area contributed by atoms with Crippen LogP contribution in [0.15, 0.2) is 18.5 Å². The molecule has 1 aliphatic rings. The molecule has 4 nitrogen and oxygen atoms in total. The molecular formula is C13H20N4. The van der Waals surface area contributed by atoms with Gasteiger partial charge in [0.15, 0.2) is 0 Å². The summed E-state index contributed by atoms with van der Waals surface area (Å²) in [5, 5.41) is 3.11. The first kappa shape index (κ1) is 12.0. The third-order valence-electron chi connectivity index (χ3n) is 2.92. The van der Waals surface area contributed by atoms with Crippen LogP contribution in [0.5, 0.6) is 0 Å². The molecule has 1 N–H and O–H groups in total. The lowest BCUT2D eigenvalue weighted by atomic mass is 10.3. The maximum Gasteiger partial charge on any atom is 0.225 e. The molecule has 0 unspecified atom stereocenters. The van der Waals surface area contributed by atoms with Crippen molar-refractivity contribution in [1.82, 2.24) is 15.3 Å². The summed E-state index contributed by atoms with van der Waals surface area (Å²) in [6.45, 7) is 3.19. The van der Waals surface area contributed by atoms with Crippen molar-refractivity contribution in [2.45, 2.75) is 19.3 Å². The van der Waals surface area contributed by atoms with Gasteiger partial charge in [-0.1, -0.05) is 12.2 Å². The maximum absolute atomic E-state index is 4.41. The zero-order valence-electron chi connectivity index (χ0n) is 10.4. The number of nitrogens with one attached hydrogen (secondary N) is 1. The molecule has 1 aliphatic heterocycles. The van der Waals surface area contributed by atoms with Gasteiger partial charge >= 0.3 is 0 Å². The average molecular weight is 232 g/mol. The van der Waals surface area contributed by atoms with E-state index in [9.17, 15) is 0 Å². The largest absolute Gasteiger partial charge is 0.341 e. The Morgan fingerprint density at radius 3 is 2.65 bits per heavy atom. The zero-order valence-corrected chi connectivity index (χ0v) is 10.4. The van der Waals surface area contributed by atoms with E-state index < -0.39 is 0 Å². The number of rotatable bonds is 5. The van der Waals surface area contributed by atoms with Gasteiger partial charge in [0, 0.05) is 31.0 Å². The van der Waals surface area contributed by atoms with E-state index in [1.54, 1.807) is 0 Å². The van der Waals surface area contributed by atoms with Crippen LogP contribution in [0.3, 0.4) is 0 Å². The van der Waals surface area contributed by atoms with Crippen molar-refractivity contribution in [2.24, 2.45) is 0 Å². The molecule has 0 radical (unpaired) electrons. The van der Waals surface area contributed by atoms with Gasteiger partial charge in [-0.2, -0.15) is 0 Å². The number of anilines is 1. The maximum atomic E-state index is 4.41. The van der Waals surface area contributed by atoms with Crippen LogP contribution in [0.4, 0.5) is 5.95 Å². The molecule has 92 valence electrons. The van der Waals surface area contributed by atoms with Crippen molar-refractivity contribution in [3.63, 3.8) is 0 Å². The Kier molecular flexibility index (Phi) is 4.50. The Balaban J connectivity index is 1.90. The van der Waals surface area contributed by atoms with Crippen molar-refractivity contribution < 1.29 is 0 Å². The summed E-state index contributed by atoms with van der Waals surface area (Å²) in [5.41, 5.74) is 1.07. The van der Waals surface area contributed by atoms with Gasteiger partial charge in [0.2, 0.25) is 5.95 Å². The smallest absolute Gasteiger partial charge is 0.225 e. The van der Waals surface area contributed by atoms with E-state index in [0.717, 1.165) is 37.6 Å². The molecule has 1 fully saturated rings. The van der Waals surface area contributed by atoms with Crippen LogP contribution in [-0.4, -0.2) is 36.6 Å². The molecule has 2 heterocycles. The van der Waals surface area contributed by atoms with Crippen LogP contribution >= 0.6 is 0 Å². The molecule has 0 atom stereocenters. The van der Waals surface area contributed by atoms with Crippen molar-refractivity contribution in [3.05, 3.63) is 24.0 Å². The summed E-state index contributed by atoms with van der Waals surface area (Å²) in [7, 11) is 1.96. The lowest BCUT2D eigenvalue weighted by Crippen LogP contribution is -2.20. The molecule has 1 aromatic heterocycles. The summed E-state index contributed by atoms with van der Waals surface area (Å²) in [6, 6.07) is 0. The van der Waals surface area contributed by atoms with Crippen LogP contribution in [0.25, 0.3) is 6.08 Å². The Morgan fingerprint density at radius 2 is 2.00 bits per heavy atom. The summed E-state index contributed by atoms with van der Waals surface area (Å²) >= 11 is 0. The molecule has 4 heteroatoms. The van der Waals surface area contributed by atoms with Gasteiger partial charge in [-0.05, 0) is 32.9 Å². The monoisotopic (exact) mass is 232 g/mol. The molecular weight excluding hydrogens is 212 g/mol. The number of hydrogen-bond acceptors (Lipinski definition) is 4. The molecule has 0 aliphatic carbocycles. The standard InChI is InChI=1S/C13H20N4/c1-14-7-3-2-6-12-10-15-13(16-11-12)17-8-4-5-9-17/h2,6,10-11,14H,3-5,7-9H2,1H3. The van der Waals surface area contributed by atoms with Gasteiger partial charge in [-0.25, -0.2) is 9.97 Å². The van der Waals surface area contributed by atoms with Crippen molar-refractivity contribution in [1.29, 1.82) is 0 Å². The fraction of sp³-hybridized carbons (Fsp3) is 0.538. The lowest BCUT2D eigenvalue weighted by molar-refractivity contribution is 0.809. The van der Waals surface area contributed by atoms with Crippen LogP contribution in [0, 0.1) is 0 Å². The minimum absolute atomic E-state index is 0.870. The molecule has 0 saturated carbocycles. The highest BCUT2D eigenvalue weighted by Crippen LogP contribution is 2.15. The summed E-state index contributed by atoms with van der Waals surface area (Å²) in [5.74, 6) is 0.870. The minimum Gasteiger partial charge on any atom is -0.341 e. The highest BCUT2D eigenvalue weighted by Gasteiger charge is 2.13. The lowest BCUT2D eigenvalue weighted by Gasteiger charge is -2.14. The highest BCUT2D eigenvalue weighted by molar-refractivity contribution is 5.48. The van der Waals surface area contributed by atoms with Gasteiger partial charge in [0.1, 0.15) is 0 Å². The predicted molar refractivity (Wildman–Crippen MR) is 71.1 cm³/mol.